The van der Waals surface area contributed by atoms with Crippen LogP contribution >= 0.6 is 0 Å². The standard InChI is InChI=1S/C26H32N4O4/c1-26(15-27)11-16(12-26)13-28-20-4-2-3-5-22(20)34-18-6-7-19-17(10-18)14-30(25(19)33)21-8-9-23(31)29-24(21)32/h6-7,10,16,20-22,28H,2-5,8-9,11-14H2,1H3,(H,29,31,32)/t16?,20-,21?,22-,26?/m0/s1. The van der Waals surface area contributed by atoms with Gasteiger partial charge in [0.1, 0.15) is 17.9 Å². The molecule has 0 radical (unpaired) electrons. The summed E-state index contributed by atoms with van der Waals surface area (Å²) in [6, 6.07) is 7.66. The maximum Gasteiger partial charge on any atom is 0.255 e. The van der Waals surface area contributed by atoms with Crippen LogP contribution < -0.4 is 15.4 Å². The number of benzene rings is 1. The number of piperidine rings is 1. The first-order valence-electron chi connectivity index (χ1n) is 12.4. The molecule has 3 amide bonds. The number of nitrogens with zero attached hydrogens (tertiary/aromatic N) is 2. The molecule has 1 saturated heterocycles. The number of hydrogen-bond donors (Lipinski definition) is 2. The van der Waals surface area contributed by atoms with E-state index < -0.39 is 11.9 Å². The Kier molecular flexibility index (Phi) is 6.07. The van der Waals surface area contributed by atoms with Gasteiger partial charge in [-0.1, -0.05) is 6.42 Å². The second kappa shape index (κ2) is 9.03. The van der Waals surface area contributed by atoms with E-state index in [1.54, 1.807) is 11.0 Å². The fourth-order valence-electron chi connectivity index (χ4n) is 6.04. The summed E-state index contributed by atoms with van der Waals surface area (Å²) in [5.74, 6) is 0.449. The quantitative estimate of drug-likeness (QED) is 0.626. The van der Waals surface area contributed by atoms with Crippen molar-refractivity contribution in [1.82, 2.24) is 15.5 Å². The van der Waals surface area contributed by atoms with Crippen LogP contribution in [0.1, 0.15) is 74.2 Å². The molecule has 3 atom stereocenters. The highest BCUT2D eigenvalue weighted by Gasteiger charge is 2.41. The van der Waals surface area contributed by atoms with Gasteiger partial charge in [0.2, 0.25) is 11.8 Å². The number of amides is 3. The second-order valence-electron chi connectivity index (χ2n) is 10.6. The van der Waals surface area contributed by atoms with Gasteiger partial charge >= 0.3 is 0 Å². The second-order valence-corrected chi connectivity index (χ2v) is 10.6. The van der Waals surface area contributed by atoms with Gasteiger partial charge < -0.3 is 15.0 Å². The summed E-state index contributed by atoms with van der Waals surface area (Å²) in [5.41, 5.74) is 1.30. The van der Waals surface area contributed by atoms with E-state index in [0.717, 1.165) is 50.0 Å². The number of nitrogens with one attached hydrogen (secondary N) is 2. The molecule has 8 heteroatoms. The van der Waals surface area contributed by atoms with Crippen molar-refractivity contribution in [3.8, 4) is 11.8 Å². The molecular formula is C26H32N4O4. The van der Waals surface area contributed by atoms with Crippen LogP contribution in [0.15, 0.2) is 18.2 Å². The number of carbonyl (C=O) groups is 3. The van der Waals surface area contributed by atoms with Crippen molar-refractivity contribution in [2.45, 2.75) is 83.0 Å². The first-order chi connectivity index (χ1) is 16.3. The van der Waals surface area contributed by atoms with E-state index in [4.69, 9.17) is 4.74 Å². The van der Waals surface area contributed by atoms with E-state index in [1.165, 1.54) is 6.42 Å². The molecule has 4 aliphatic rings. The third kappa shape index (κ3) is 4.41. The summed E-state index contributed by atoms with van der Waals surface area (Å²) < 4.78 is 6.42. The van der Waals surface area contributed by atoms with Gasteiger partial charge in [-0.2, -0.15) is 5.26 Å². The minimum atomic E-state index is -0.608. The van der Waals surface area contributed by atoms with Crippen LogP contribution in [0, 0.1) is 22.7 Å². The number of ether oxygens (including phenoxy) is 1. The van der Waals surface area contributed by atoms with Crippen LogP contribution in [0.25, 0.3) is 0 Å². The molecule has 2 aliphatic heterocycles. The predicted molar refractivity (Wildman–Crippen MR) is 124 cm³/mol. The fraction of sp³-hybridized carbons (Fsp3) is 0.615. The number of rotatable bonds is 6. The highest BCUT2D eigenvalue weighted by atomic mass is 16.5. The number of imide groups is 1. The molecule has 8 nitrogen and oxygen atoms in total. The molecule has 34 heavy (non-hydrogen) atoms. The fourth-order valence-corrected chi connectivity index (χ4v) is 6.04. The summed E-state index contributed by atoms with van der Waals surface area (Å²) in [6.45, 7) is 3.31. The lowest BCUT2D eigenvalue weighted by Gasteiger charge is -2.41. The summed E-state index contributed by atoms with van der Waals surface area (Å²) in [6.07, 6.45) is 6.95. The lowest BCUT2D eigenvalue weighted by Crippen LogP contribution is -2.52. The van der Waals surface area contributed by atoms with Gasteiger partial charge in [-0.15, -0.1) is 0 Å². The van der Waals surface area contributed by atoms with Crippen molar-refractivity contribution in [2.75, 3.05) is 6.54 Å². The number of fused-ring (bicyclic) bond motifs is 1. The molecular weight excluding hydrogens is 432 g/mol. The van der Waals surface area contributed by atoms with E-state index in [1.807, 2.05) is 19.1 Å². The zero-order valence-electron chi connectivity index (χ0n) is 19.6. The first kappa shape index (κ1) is 22.9. The smallest absolute Gasteiger partial charge is 0.255 e. The number of nitriles is 1. The maximum atomic E-state index is 12.9. The van der Waals surface area contributed by atoms with E-state index in [2.05, 4.69) is 16.7 Å². The third-order valence-corrected chi connectivity index (χ3v) is 7.90. The van der Waals surface area contributed by atoms with E-state index in [-0.39, 0.29) is 35.8 Å². The Morgan fingerprint density at radius 2 is 2.00 bits per heavy atom. The molecule has 0 bridgehead atoms. The van der Waals surface area contributed by atoms with Crippen molar-refractivity contribution in [2.24, 2.45) is 11.3 Å². The molecule has 1 aromatic rings. The largest absolute Gasteiger partial charge is 0.489 e. The SMILES string of the molecule is CC1(C#N)CC(CN[C@H]2CCCC[C@@H]2Oc2ccc3c(c2)CN(C2CCC(=O)NC2=O)C3=O)C1. The molecule has 0 aromatic heterocycles. The van der Waals surface area contributed by atoms with Gasteiger partial charge in [-0.3, -0.25) is 19.7 Å². The average molecular weight is 465 g/mol. The van der Waals surface area contributed by atoms with Gasteiger partial charge in [-0.05, 0) is 81.7 Å². The van der Waals surface area contributed by atoms with Crippen LogP contribution in [0.5, 0.6) is 5.75 Å². The Morgan fingerprint density at radius 3 is 2.76 bits per heavy atom. The molecule has 180 valence electrons. The molecule has 2 aliphatic carbocycles. The van der Waals surface area contributed by atoms with E-state index in [9.17, 15) is 19.6 Å². The van der Waals surface area contributed by atoms with Gasteiger partial charge in [-0.25, -0.2) is 0 Å². The molecule has 2 heterocycles. The molecule has 0 spiro atoms. The molecule has 2 saturated carbocycles. The minimum Gasteiger partial charge on any atom is -0.489 e. The summed E-state index contributed by atoms with van der Waals surface area (Å²) >= 11 is 0. The van der Waals surface area contributed by atoms with Gasteiger partial charge in [0.15, 0.2) is 0 Å². The Labute approximate surface area is 200 Å². The summed E-state index contributed by atoms with van der Waals surface area (Å²) in [7, 11) is 0. The minimum absolute atomic E-state index is 0.0672. The van der Waals surface area contributed by atoms with Gasteiger partial charge in [0.05, 0.1) is 11.5 Å². The molecule has 2 N–H and O–H groups in total. The average Bonchev–Trinajstić information content (AvgIpc) is 3.12. The molecule has 1 aromatic carbocycles. The Balaban J connectivity index is 1.21. The molecule has 1 unspecified atom stereocenters. The number of carbonyl (C=O) groups excluding carboxylic acids is 3. The van der Waals surface area contributed by atoms with Crippen molar-refractivity contribution >= 4 is 17.7 Å². The highest BCUT2D eigenvalue weighted by molar-refractivity contribution is 6.05. The predicted octanol–water partition coefficient (Wildman–Crippen LogP) is 2.67. The molecule has 3 fully saturated rings. The van der Waals surface area contributed by atoms with Crippen LogP contribution in [0.4, 0.5) is 0 Å². The van der Waals surface area contributed by atoms with E-state index >= 15 is 0 Å². The molecule has 5 rings (SSSR count). The normalized spacial score (nSPS) is 33.1. The lowest BCUT2D eigenvalue weighted by molar-refractivity contribution is -0.136. The maximum absolute atomic E-state index is 12.9. The van der Waals surface area contributed by atoms with Crippen LogP contribution in [0.2, 0.25) is 0 Å². The van der Waals surface area contributed by atoms with Crippen molar-refractivity contribution in [3.05, 3.63) is 29.3 Å². The summed E-state index contributed by atoms with van der Waals surface area (Å²) in [4.78, 5) is 38.2. The van der Waals surface area contributed by atoms with Crippen molar-refractivity contribution in [3.63, 3.8) is 0 Å². The van der Waals surface area contributed by atoms with Gasteiger partial charge in [0.25, 0.3) is 5.91 Å². The number of hydrogen-bond acceptors (Lipinski definition) is 6. The van der Waals surface area contributed by atoms with Crippen molar-refractivity contribution < 1.29 is 19.1 Å². The first-order valence-corrected chi connectivity index (χ1v) is 12.4. The highest BCUT2D eigenvalue weighted by Crippen LogP contribution is 2.44. The third-order valence-electron chi connectivity index (χ3n) is 7.90. The topological polar surface area (TPSA) is 112 Å². The zero-order valence-corrected chi connectivity index (χ0v) is 19.6. The monoisotopic (exact) mass is 464 g/mol. The summed E-state index contributed by atoms with van der Waals surface area (Å²) in [5, 5.41) is 15.3. The van der Waals surface area contributed by atoms with Gasteiger partial charge in [0, 0.05) is 24.6 Å². The lowest BCUT2D eigenvalue weighted by atomic mass is 9.64. The Morgan fingerprint density at radius 1 is 1.21 bits per heavy atom. The Bertz CT molecular complexity index is 1040. The van der Waals surface area contributed by atoms with Crippen LogP contribution in [0.3, 0.4) is 0 Å². The van der Waals surface area contributed by atoms with Crippen LogP contribution in [-0.2, 0) is 16.1 Å². The Hall–Kier alpha value is -2.92. The van der Waals surface area contributed by atoms with Crippen LogP contribution in [-0.4, -0.2) is 47.4 Å². The van der Waals surface area contributed by atoms with Crippen molar-refractivity contribution in [1.29, 1.82) is 5.26 Å². The van der Waals surface area contributed by atoms with E-state index in [0.29, 0.717) is 24.4 Å². The zero-order chi connectivity index (χ0) is 23.9.